The van der Waals surface area contributed by atoms with Crippen LogP contribution in [0.3, 0.4) is 0 Å². The predicted octanol–water partition coefficient (Wildman–Crippen LogP) is 3.97. The molecule has 1 saturated heterocycles. The minimum absolute atomic E-state index is 0.243. The van der Waals surface area contributed by atoms with Crippen LogP contribution in [0.25, 0.3) is 0 Å². The Hall–Kier alpha value is -1.02. The zero-order valence-corrected chi connectivity index (χ0v) is 12.6. The van der Waals surface area contributed by atoms with Crippen LogP contribution in [0.4, 0.5) is 0 Å². The van der Waals surface area contributed by atoms with Gasteiger partial charge in [-0.05, 0) is 56.8 Å². The molecule has 106 valence electrons. The Bertz CT molecular complexity index is 383. The zero-order valence-electron chi connectivity index (χ0n) is 12.6. The second-order valence-electron chi connectivity index (χ2n) is 6.32. The molecule has 2 rings (SSSR count). The number of benzene rings is 1. The van der Waals surface area contributed by atoms with E-state index in [4.69, 9.17) is 4.74 Å². The van der Waals surface area contributed by atoms with Crippen molar-refractivity contribution in [1.82, 2.24) is 5.32 Å². The summed E-state index contributed by atoms with van der Waals surface area (Å²) in [5.41, 5.74) is 1.45. The van der Waals surface area contributed by atoms with Gasteiger partial charge in [-0.2, -0.15) is 0 Å². The molecule has 1 aromatic carbocycles. The van der Waals surface area contributed by atoms with Crippen LogP contribution in [0, 0.1) is 5.92 Å². The molecule has 0 saturated carbocycles. The van der Waals surface area contributed by atoms with Gasteiger partial charge in [0.2, 0.25) is 0 Å². The van der Waals surface area contributed by atoms with Gasteiger partial charge in [0.1, 0.15) is 5.75 Å². The fourth-order valence-corrected chi connectivity index (χ4v) is 2.99. The molecule has 2 heteroatoms. The summed E-state index contributed by atoms with van der Waals surface area (Å²) < 4.78 is 5.71. The molecule has 19 heavy (non-hydrogen) atoms. The van der Waals surface area contributed by atoms with Crippen LogP contribution in [0.5, 0.6) is 5.75 Å². The monoisotopic (exact) mass is 261 g/mol. The van der Waals surface area contributed by atoms with E-state index < -0.39 is 0 Å². The van der Waals surface area contributed by atoms with E-state index in [1.54, 1.807) is 0 Å². The Kier molecular flexibility index (Phi) is 4.87. The summed E-state index contributed by atoms with van der Waals surface area (Å²) >= 11 is 0. The smallest absolute Gasteiger partial charge is 0.119 e. The van der Waals surface area contributed by atoms with E-state index in [1.807, 2.05) is 0 Å². The topological polar surface area (TPSA) is 21.3 Å². The average Bonchev–Trinajstić information content (AvgIpc) is 2.76. The molecule has 2 nitrogen and oxygen atoms in total. The van der Waals surface area contributed by atoms with E-state index >= 15 is 0 Å². The lowest BCUT2D eigenvalue weighted by Gasteiger charge is -2.22. The lowest BCUT2D eigenvalue weighted by Crippen LogP contribution is -2.27. The molecule has 0 spiro atoms. The standard InChI is InChI=1S/C17H27NO/c1-12(2)11-17-16(9-10-18-17)14-5-7-15(8-6-14)19-13(3)4/h5-8,12-13,16-18H,9-11H2,1-4H3. The van der Waals surface area contributed by atoms with Gasteiger partial charge in [0.15, 0.2) is 0 Å². The molecule has 1 aliphatic heterocycles. The number of ether oxygens (including phenoxy) is 1. The minimum Gasteiger partial charge on any atom is -0.491 e. The molecule has 1 heterocycles. The van der Waals surface area contributed by atoms with Crippen molar-refractivity contribution in [3.63, 3.8) is 0 Å². The van der Waals surface area contributed by atoms with Crippen molar-refractivity contribution in [1.29, 1.82) is 0 Å². The molecule has 1 fully saturated rings. The number of nitrogens with one attached hydrogen (secondary N) is 1. The molecule has 1 aliphatic rings. The van der Waals surface area contributed by atoms with Gasteiger partial charge in [-0.1, -0.05) is 26.0 Å². The van der Waals surface area contributed by atoms with Crippen LogP contribution >= 0.6 is 0 Å². The lowest BCUT2D eigenvalue weighted by molar-refractivity contribution is 0.242. The molecule has 0 radical (unpaired) electrons. The van der Waals surface area contributed by atoms with Gasteiger partial charge in [-0.3, -0.25) is 0 Å². The first kappa shape index (κ1) is 14.4. The second-order valence-corrected chi connectivity index (χ2v) is 6.32. The summed E-state index contributed by atoms with van der Waals surface area (Å²) in [6.07, 6.45) is 2.75. The van der Waals surface area contributed by atoms with E-state index in [1.165, 1.54) is 18.4 Å². The Morgan fingerprint density at radius 2 is 1.84 bits per heavy atom. The van der Waals surface area contributed by atoms with Crippen LogP contribution in [0.2, 0.25) is 0 Å². The maximum atomic E-state index is 5.71. The van der Waals surface area contributed by atoms with Crippen molar-refractivity contribution in [3.05, 3.63) is 29.8 Å². The fourth-order valence-electron chi connectivity index (χ4n) is 2.99. The van der Waals surface area contributed by atoms with Crippen molar-refractivity contribution in [2.24, 2.45) is 5.92 Å². The second kappa shape index (κ2) is 6.42. The SMILES string of the molecule is CC(C)CC1NCCC1c1ccc(OC(C)C)cc1. The van der Waals surface area contributed by atoms with Crippen molar-refractivity contribution in [2.45, 2.75) is 58.6 Å². The third-order valence-corrected chi connectivity index (χ3v) is 3.75. The Balaban J connectivity index is 2.04. The van der Waals surface area contributed by atoms with Gasteiger partial charge in [0, 0.05) is 12.0 Å². The Morgan fingerprint density at radius 3 is 2.42 bits per heavy atom. The molecule has 0 aromatic heterocycles. The number of hydrogen-bond donors (Lipinski definition) is 1. The highest BCUT2D eigenvalue weighted by Crippen LogP contribution is 2.32. The number of hydrogen-bond acceptors (Lipinski definition) is 2. The molecule has 1 N–H and O–H groups in total. The quantitative estimate of drug-likeness (QED) is 0.866. The van der Waals surface area contributed by atoms with Crippen LogP contribution in [-0.2, 0) is 0 Å². The van der Waals surface area contributed by atoms with Gasteiger partial charge in [0.25, 0.3) is 0 Å². The molecule has 0 aliphatic carbocycles. The highest BCUT2D eigenvalue weighted by Gasteiger charge is 2.28. The molecular weight excluding hydrogens is 234 g/mol. The van der Waals surface area contributed by atoms with Crippen LogP contribution in [-0.4, -0.2) is 18.7 Å². The van der Waals surface area contributed by atoms with Crippen molar-refractivity contribution >= 4 is 0 Å². The van der Waals surface area contributed by atoms with Crippen LogP contribution < -0.4 is 10.1 Å². The first-order valence-electron chi connectivity index (χ1n) is 7.56. The fraction of sp³-hybridized carbons (Fsp3) is 0.647. The molecule has 0 amide bonds. The van der Waals surface area contributed by atoms with E-state index in [9.17, 15) is 0 Å². The maximum Gasteiger partial charge on any atom is 0.119 e. The first-order valence-corrected chi connectivity index (χ1v) is 7.56. The Labute approximate surface area is 117 Å². The lowest BCUT2D eigenvalue weighted by atomic mass is 9.87. The van der Waals surface area contributed by atoms with Gasteiger partial charge in [-0.15, -0.1) is 0 Å². The van der Waals surface area contributed by atoms with Crippen molar-refractivity contribution in [3.8, 4) is 5.75 Å². The summed E-state index contributed by atoms with van der Waals surface area (Å²) in [4.78, 5) is 0. The van der Waals surface area contributed by atoms with Crippen LogP contribution in [0.15, 0.2) is 24.3 Å². The average molecular weight is 261 g/mol. The first-order chi connectivity index (χ1) is 9.06. The van der Waals surface area contributed by atoms with Crippen molar-refractivity contribution in [2.75, 3.05) is 6.54 Å². The number of rotatable bonds is 5. The van der Waals surface area contributed by atoms with Gasteiger partial charge in [0.05, 0.1) is 6.10 Å². The summed E-state index contributed by atoms with van der Waals surface area (Å²) in [5, 5.41) is 3.65. The van der Waals surface area contributed by atoms with Crippen molar-refractivity contribution < 1.29 is 4.74 Å². The molecule has 2 unspecified atom stereocenters. The highest BCUT2D eigenvalue weighted by atomic mass is 16.5. The summed E-state index contributed by atoms with van der Waals surface area (Å²) in [5.74, 6) is 2.39. The largest absolute Gasteiger partial charge is 0.491 e. The van der Waals surface area contributed by atoms with E-state index in [2.05, 4.69) is 57.3 Å². The predicted molar refractivity (Wildman–Crippen MR) is 80.8 cm³/mol. The molecule has 2 atom stereocenters. The van der Waals surface area contributed by atoms with Gasteiger partial charge < -0.3 is 10.1 Å². The molecule has 1 aromatic rings. The summed E-state index contributed by atoms with van der Waals surface area (Å²) in [7, 11) is 0. The van der Waals surface area contributed by atoms with Gasteiger partial charge in [-0.25, -0.2) is 0 Å². The zero-order chi connectivity index (χ0) is 13.8. The van der Waals surface area contributed by atoms with E-state index in [0.717, 1.165) is 18.2 Å². The third-order valence-electron chi connectivity index (χ3n) is 3.75. The summed E-state index contributed by atoms with van der Waals surface area (Å²) in [6, 6.07) is 9.34. The highest BCUT2D eigenvalue weighted by molar-refractivity contribution is 5.31. The molecular formula is C17H27NO. The van der Waals surface area contributed by atoms with Crippen LogP contribution in [0.1, 0.15) is 52.0 Å². The third kappa shape index (κ3) is 3.97. The summed E-state index contributed by atoms with van der Waals surface area (Å²) in [6.45, 7) is 9.88. The Morgan fingerprint density at radius 1 is 1.16 bits per heavy atom. The molecule has 0 bridgehead atoms. The minimum atomic E-state index is 0.243. The van der Waals surface area contributed by atoms with Gasteiger partial charge >= 0.3 is 0 Å². The maximum absolute atomic E-state index is 5.71. The normalized spacial score (nSPS) is 23.3. The van der Waals surface area contributed by atoms with E-state index in [-0.39, 0.29) is 6.10 Å². The van der Waals surface area contributed by atoms with E-state index in [0.29, 0.717) is 12.0 Å².